The van der Waals surface area contributed by atoms with Crippen LogP contribution >= 0.6 is 11.5 Å². The lowest BCUT2D eigenvalue weighted by molar-refractivity contribution is -0.129. The van der Waals surface area contributed by atoms with Crippen molar-refractivity contribution in [3.8, 4) is 0 Å². The number of nitrogens with zero attached hydrogens (tertiary/aromatic N) is 3. The molecule has 3 rings (SSSR count). The molecule has 0 saturated carbocycles. The number of aromatic nitrogens is 2. The Morgan fingerprint density at radius 1 is 1.25 bits per heavy atom. The average Bonchev–Trinajstić information content (AvgIpc) is 3.04. The molecule has 0 spiro atoms. The fraction of sp³-hybridized carbons (Fsp3) is 0.143. The van der Waals surface area contributed by atoms with Gasteiger partial charge in [0.05, 0.1) is 0 Å². The second-order valence-corrected chi connectivity index (χ2v) is 5.07. The monoisotopic (exact) mass is 285 g/mol. The van der Waals surface area contributed by atoms with E-state index in [1.165, 1.54) is 17.1 Å². The SMILES string of the molecule is Cc1ccc(C2=N/C(=C\c3csnn3)C(=O)O2)cc1C. The smallest absolute Gasteiger partial charge is 0.363 e. The Hall–Kier alpha value is -2.34. The van der Waals surface area contributed by atoms with Crippen LogP contribution in [0.3, 0.4) is 0 Å². The topological polar surface area (TPSA) is 64.4 Å². The summed E-state index contributed by atoms with van der Waals surface area (Å²) in [5.41, 5.74) is 3.95. The van der Waals surface area contributed by atoms with Crippen LogP contribution in [0.2, 0.25) is 0 Å². The Morgan fingerprint density at radius 3 is 2.80 bits per heavy atom. The summed E-state index contributed by atoms with van der Waals surface area (Å²) >= 11 is 1.22. The van der Waals surface area contributed by atoms with Crippen molar-refractivity contribution in [1.82, 2.24) is 9.59 Å². The van der Waals surface area contributed by atoms with E-state index in [0.717, 1.165) is 11.1 Å². The van der Waals surface area contributed by atoms with E-state index in [-0.39, 0.29) is 5.70 Å². The third-order valence-electron chi connectivity index (χ3n) is 3.04. The first-order chi connectivity index (χ1) is 9.63. The Balaban J connectivity index is 1.96. The van der Waals surface area contributed by atoms with Crippen LogP contribution in [0.4, 0.5) is 0 Å². The molecule has 1 aromatic heterocycles. The minimum atomic E-state index is -0.466. The van der Waals surface area contributed by atoms with E-state index in [2.05, 4.69) is 14.6 Å². The number of aryl methyl sites for hydroxylation is 2. The number of aliphatic imine (C=N–C) groups is 1. The van der Waals surface area contributed by atoms with Crippen molar-refractivity contribution in [2.24, 2.45) is 4.99 Å². The molecule has 0 amide bonds. The molecule has 0 fully saturated rings. The maximum absolute atomic E-state index is 11.8. The third-order valence-corrected chi connectivity index (χ3v) is 3.56. The van der Waals surface area contributed by atoms with Crippen LogP contribution in [0.15, 0.2) is 34.3 Å². The van der Waals surface area contributed by atoms with Crippen molar-refractivity contribution >= 4 is 29.5 Å². The Morgan fingerprint density at radius 2 is 2.10 bits per heavy atom. The van der Waals surface area contributed by atoms with Crippen LogP contribution in [0, 0.1) is 13.8 Å². The van der Waals surface area contributed by atoms with E-state index in [0.29, 0.717) is 11.6 Å². The molecule has 1 aromatic carbocycles. The van der Waals surface area contributed by atoms with Crippen molar-refractivity contribution in [3.63, 3.8) is 0 Å². The van der Waals surface area contributed by atoms with Crippen LogP contribution in [0.5, 0.6) is 0 Å². The number of carbonyl (C=O) groups excluding carboxylic acids is 1. The number of hydrogen-bond acceptors (Lipinski definition) is 6. The minimum absolute atomic E-state index is 0.242. The Kier molecular flexibility index (Phi) is 3.15. The van der Waals surface area contributed by atoms with Crippen LogP contribution in [-0.4, -0.2) is 21.5 Å². The second-order valence-electron chi connectivity index (χ2n) is 4.46. The summed E-state index contributed by atoms with van der Waals surface area (Å²) in [6.45, 7) is 4.04. The van der Waals surface area contributed by atoms with Gasteiger partial charge in [0.15, 0.2) is 5.70 Å². The first kappa shape index (κ1) is 12.7. The Labute approximate surface area is 119 Å². The largest absolute Gasteiger partial charge is 0.402 e. The summed E-state index contributed by atoms with van der Waals surface area (Å²) in [7, 11) is 0. The van der Waals surface area contributed by atoms with Gasteiger partial charge in [-0.05, 0) is 54.7 Å². The summed E-state index contributed by atoms with van der Waals surface area (Å²) in [6.07, 6.45) is 1.57. The highest BCUT2D eigenvalue weighted by atomic mass is 32.1. The molecule has 0 N–H and O–H groups in total. The number of cyclic esters (lactones) is 1. The van der Waals surface area contributed by atoms with Crippen molar-refractivity contribution in [3.05, 3.63) is 51.7 Å². The molecular formula is C14H11N3O2S. The van der Waals surface area contributed by atoms with E-state index in [1.54, 1.807) is 11.5 Å². The van der Waals surface area contributed by atoms with E-state index >= 15 is 0 Å². The van der Waals surface area contributed by atoms with Crippen molar-refractivity contribution in [2.75, 3.05) is 0 Å². The van der Waals surface area contributed by atoms with Crippen molar-refractivity contribution < 1.29 is 9.53 Å². The maximum Gasteiger partial charge on any atom is 0.363 e. The molecule has 0 atom stereocenters. The van der Waals surface area contributed by atoms with Gasteiger partial charge in [0.25, 0.3) is 0 Å². The van der Waals surface area contributed by atoms with Gasteiger partial charge in [-0.25, -0.2) is 9.79 Å². The van der Waals surface area contributed by atoms with E-state index in [9.17, 15) is 4.79 Å². The lowest BCUT2D eigenvalue weighted by atomic mass is 10.1. The van der Waals surface area contributed by atoms with E-state index in [1.807, 2.05) is 32.0 Å². The number of benzene rings is 1. The van der Waals surface area contributed by atoms with Gasteiger partial charge in [0, 0.05) is 10.9 Å². The fourth-order valence-electron chi connectivity index (χ4n) is 1.78. The van der Waals surface area contributed by atoms with Gasteiger partial charge in [-0.15, -0.1) is 5.10 Å². The fourth-order valence-corrected chi connectivity index (χ4v) is 2.19. The van der Waals surface area contributed by atoms with Crippen molar-refractivity contribution in [1.29, 1.82) is 0 Å². The van der Waals surface area contributed by atoms with Crippen LogP contribution in [-0.2, 0) is 9.53 Å². The number of ether oxygens (including phenoxy) is 1. The van der Waals surface area contributed by atoms with E-state index < -0.39 is 5.97 Å². The molecule has 0 unspecified atom stereocenters. The van der Waals surface area contributed by atoms with Gasteiger partial charge in [-0.1, -0.05) is 10.6 Å². The maximum atomic E-state index is 11.8. The third kappa shape index (κ3) is 2.37. The summed E-state index contributed by atoms with van der Waals surface area (Å²) in [5.74, 6) is -0.140. The molecule has 0 saturated heterocycles. The minimum Gasteiger partial charge on any atom is -0.402 e. The molecule has 20 heavy (non-hydrogen) atoms. The van der Waals surface area contributed by atoms with Crippen LogP contribution in [0.25, 0.3) is 6.08 Å². The predicted molar refractivity (Wildman–Crippen MR) is 76.4 cm³/mol. The zero-order chi connectivity index (χ0) is 14.1. The molecule has 0 bridgehead atoms. The normalized spacial score (nSPS) is 16.4. The summed E-state index contributed by atoms with van der Waals surface area (Å²) in [6, 6.07) is 5.82. The van der Waals surface area contributed by atoms with Gasteiger partial charge < -0.3 is 4.74 Å². The molecular weight excluding hydrogens is 274 g/mol. The molecule has 2 aromatic rings. The molecule has 1 aliphatic rings. The second kappa shape index (κ2) is 4.97. The van der Waals surface area contributed by atoms with Gasteiger partial charge in [-0.3, -0.25) is 0 Å². The predicted octanol–water partition coefficient (Wildman–Crippen LogP) is 2.50. The quantitative estimate of drug-likeness (QED) is 0.628. The molecule has 0 aliphatic carbocycles. The van der Waals surface area contributed by atoms with Crippen LogP contribution < -0.4 is 0 Å². The van der Waals surface area contributed by atoms with E-state index in [4.69, 9.17) is 4.74 Å². The average molecular weight is 285 g/mol. The molecule has 6 heteroatoms. The Bertz CT molecular complexity index is 733. The van der Waals surface area contributed by atoms with Crippen LogP contribution in [0.1, 0.15) is 22.4 Å². The number of rotatable bonds is 2. The highest BCUT2D eigenvalue weighted by Crippen LogP contribution is 2.20. The molecule has 100 valence electrons. The zero-order valence-corrected chi connectivity index (χ0v) is 11.8. The number of hydrogen-bond donors (Lipinski definition) is 0. The molecule has 2 heterocycles. The van der Waals surface area contributed by atoms with Gasteiger partial charge >= 0.3 is 5.97 Å². The summed E-state index contributed by atoms with van der Waals surface area (Å²) < 4.78 is 8.94. The molecule has 5 nitrogen and oxygen atoms in total. The van der Waals surface area contributed by atoms with Gasteiger partial charge in [-0.2, -0.15) is 0 Å². The van der Waals surface area contributed by atoms with Crippen molar-refractivity contribution in [2.45, 2.75) is 13.8 Å². The molecule has 0 radical (unpaired) electrons. The lowest BCUT2D eigenvalue weighted by Crippen LogP contribution is -2.05. The lowest BCUT2D eigenvalue weighted by Gasteiger charge is -2.03. The highest BCUT2D eigenvalue weighted by Gasteiger charge is 2.24. The summed E-state index contributed by atoms with van der Waals surface area (Å²) in [4.78, 5) is 16.0. The molecule has 1 aliphatic heterocycles. The number of esters is 1. The standard InChI is InChI=1S/C14H11N3O2S/c1-8-3-4-10(5-9(8)2)13-15-12(14(18)19-13)6-11-7-20-17-16-11/h3-7H,1-2H3/b12-6-. The van der Waals surface area contributed by atoms with Gasteiger partial charge in [0.1, 0.15) is 5.69 Å². The number of carbonyl (C=O) groups is 1. The first-order valence-corrected chi connectivity index (χ1v) is 6.84. The highest BCUT2D eigenvalue weighted by molar-refractivity contribution is 7.03. The summed E-state index contributed by atoms with van der Waals surface area (Å²) in [5, 5.41) is 5.59. The first-order valence-electron chi connectivity index (χ1n) is 6.01. The van der Waals surface area contributed by atoms with Gasteiger partial charge in [0.2, 0.25) is 5.90 Å². The zero-order valence-electron chi connectivity index (χ0n) is 11.0.